The Labute approximate surface area is 163 Å². The molecule has 152 valence electrons. The third-order valence-electron chi connectivity index (χ3n) is 3.86. The lowest BCUT2D eigenvalue weighted by Crippen LogP contribution is -2.52. The van der Waals surface area contributed by atoms with Crippen molar-refractivity contribution in [3.8, 4) is 5.75 Å². The molecule has 0 saturated carbocycles. The molecule has 0 heterocycles. The second-order valence-electron chi connectivity index (χ2n) is 5.84. The van der Waals surface area contributed by atoms with Crippen LogP contribution in [0.1, 0.15) is 6.92 Å². The Kier molecular flexibility index (Phi) is 5.98. The highest BCUT2D eigenvalue weighted by atomic mass is 35.5. The van der Waals surface area contributed by atoms with Gasteiger partial charge in [0.2, 0.25) is 15.4 Å². The summed E-state index contributed by atoms with van der Waals surface area (Å²) < 4.78 is 68.4. The molecule has 0 radical (unpaired) electrons. The summed E-state index contributed by atoms with van der Waals surface area (Å²) in [6.45, 7) is 0.290. The summed E-state index contributed by atoms with van der Waals surface area (Å²) in [5, 5.41) is 10.9. The second-order valence-corrected chi connectivity index (χ2v) is 8.20. The highest BCUT2D eigenvalue weighted by molar-refractivity contribution is 7.91. The van der Waals surface area contributed by atoms with E-state index in [0.717, 1.165) is 18.2 Å². The fourth-order valence-electron chi connectivity index (χ4n) is 2.03. The number of carbonyl (C=O) groups excluding carboxylic acids is 1. The molecule has 0 spiro atoms. The van der Waals surface area contributed by atoms with Gasteiger partial charge in [0.05, 0.1) is 27.6 Å². The highest BCUT2D eigenvalue weighted by Gasteiger charge is 2.55. The number of methoxy groups -OCH3 is 1. The van der Waals surface area contributed by atoms with Crippen LogP contribution in [-0.4, -0.2) is 38.3 Å². The molecule has 0 aliphatic heterocycles. The van der Waals surface area contributed by atoms with E-state index in [4.69, 9.17) is 16.3 Å². The monoisotopic (exact) mass is 437 g/mol. The third-order valence-corrected chi connectivity index (χ3v) is 5.94. The van der Waals surface area contributed by atoms with Gasteiger partial charge in [-0.2, -0.15) is 13.2 Å². The van der Waals surface area contributed by atoms with Crippen LogP contribution in [0.15, 0.2) is 52.3 Å². The number of ether oxygens (including phenoxy) is 1. The van der Waals surface area contributed by atoms with Gasteiger partial charge in [0.15, 0.2) is 0 Å². The Balaban J connectivity index is 2.32. The zero-order chi connectivity index (χ0) is 21.3. The van der Waals surface area contributed by atoms with Gasteiger partial charge in [0.1, 0.15) is 5.75 Å². The van der Waals surface area contributed by atoms with Crippen molar-refractivity contribution >= 4 is 33.0 Å². The maximum absolute atomic E-state index is 12.7. The Bertz CT molecular complexity index is 989. The summed E-state index contributed by atoms with van der Waals surface area (Å²) in [5.41, 5.74) is -3.94. The quantitative estimate of drug-likeness (QED) is 0.747. The lowest BCUT2D eigenvalue weighted by atomic mass is 10.1. The number of carbonyl (C=O) groups is 1. The van der Waals surface area contributed by atoms with Gasteiger partial charge >= 0.3 is 6.18 Å². The Morgan fingerprint density at radius 3 is 2.11 bits per heavy atom. The smallest absolute Gasteiger partial charge is 0.426 e. The molecule has 11 heteroatoms. The first-order valence-electron chi connectivity index (χ1n) is 7.60. The molecule has 0 saturated heterocycles. The molecule has 2 rings (SSSR count). The minimum atomic E-state index is -5.21. The van der Waals surface area contributed by atoms with Crippen molar-refractivity contribution in [2.75, 3.05) is 12.4 Å². The number of nitrogens with one attached hydrogen (secondary N) is 1. The van der Waals surface area contributed by atoms with E-state index in [-0.39, 0.29) is 20.5 Å². The molecule has 0 aliphatic carbocycles. The molecular formula is C17H15ClF3NO5S. The number of anilines is 1. The minimum Gasteiger partial charge on any atom is -0.497 e. The minimum absolute atomic E-state index is 0.0545. The molecule has 1 unspecified atom stereocenters. The zero-order valence-corrected chi connectivity index (χ0v) is 16.1. The molecule has 6 nitrogen and oxygen atoms in total. The van der Waals surface area contributed by atoms with Gasteiger partial charge in [-0.1, -0.05) is 11.6 Å². The molecule has 28 heavy (non-hydrogen) atoms. The van der Waals surface area contributed by atoms with Gasteiger partial charge < -0.3 is 15.2 Å². The molecular weight excluding hydrogens is 423 g/mol. The number of hydrogen-bond acceptors (Lipinski definition) is 5. The normalized spacial score (nSPS) is 14.2. The molecule has 0 fully saturated rings. The van der Waals surface area contributed by atoms with Crippen LogP contribution >= 0.6 is 11.6 Å². The lowest BCUT2D eigenvalue weighted by molar-refractivity contribution is -0.242. The standard InChI is InChI=1S/C17H15ClF3NO5S/c1-16(24,17(19,20)21)15(23)22-14-8-7-12(9-13(14)18)28(25,26)11-5-3-10(27-2)4-6-11/h3-9,24H,1-2H3,(H,22,23). The van der Waals surface area contributed by atoms with Crippen LogP contribution in [0, 0.1) is 0 Å². The number of benzene rings is 2. The van der Waals surface area contributed by atoms with E-state index in [0.29, 0.717) is 12.7 Å². The van der Waals surface area contributed by atoms with Crippen LogP contribution in [0.3, 0.4) is 0 Å². The van der Waals surface area contributed by atoms with Crippen molar-refractivity contribution in [3.63, 3.8) is 0 Å². The van der Waals surface area contributed by atoms with Crippen LogP contribution < -0.4 is 10.1 Å². The molecule has 1 atom stereocenters. The van der Waals surface area contributed by atoms with Gasteiger partial charge in [-0.25, -0.2) is 8.42 Å². The first kappa shape index (κ1) is 22.0. The van der Waals surface area contributed by atoms with Gasteiger partial charge in [0, 0.05) is 0 Å². The molecule has 2 aromatic rings. The van der Waals surface area contributed by atoms with Crippen molar-refractivity contribution in [1.29, 1.82) is 0 Å². The number of amides is 1. The summed E-state index contributed by atoms with van der Waals surface area (Å²) >= 11 is 5.92. The van der Waals surface area contributed by atoms with E-state index in [1.54, 1.807) is 0 Å². The van der Waals surface area contributed by atoms with Crippen molar-refractivity contribution in [2.45, 2.75) is 28.5 Å². The van der Waals surface area contributed by atoms with E-state index >= 15 is 0 Å². The van der Waals surface area contributed by atoms with E-state index in [1.165, 1.54) is 31.4 Å². The van der Waals surface area contributed by atoms with Gasteiger partial charge in [-0.15, -0.1) is 0 Å². The molecule has 0 bridgehead atoms. The zero-order valence-electron chi connectivity index (χ0n) is 14.5. The highest BCUT2D eigenvalue weighted by Crippen LogP contribution is 2.33. The first-order chi connectivity index (χ1) is 12.8. The number of aliphatic hydroxyl groups is 1. The largest absolute Gasteiger partial charge is 0.497 e. The van der Waals surface area contributed by atoms with Crippen molar-refractivity contribution in [1.82, 2.24) is 0 Å². The first-order valence-corrected chi connectivity index (χ1v) is 9.46. The van der Waals surface area contributed by atoms with Crippen LogP contribution in [-0.2, 0) is 14.6 Å². The van der Waals surface area contributed by atoms with Crippen molar-refractivity contribution in [3.05, 3.63) is 47.5 Å². The number of alkyl halides is 3. The SMILES string of the molecule is COc1ccc(S(=O)(=O)c2ccc(NC(=O)C(C)(O)C(F)(F)F)c(Cl)c2)cc1. The Morgan fingerprint density at radius 2 is 1.64 bits per heavy atom. The predicted octanol–water partition coefficient (Wildman–Crippen LogP) is 3.43. The molecule has 2 aromatic carbocycles. The average molecular weight is 438 g/mol. The molecule has 0 aliphatic rings. The molecule has 1 amide bonds. The van der Waals surface area contributed by atoms with Gasteiger partial charge in [-0.3, -0.25) is 4.79 Å². The van der Waals surface area contributed by atoms with E-state index in [1.807, 2.05) is 5.32 Å². The topological polar surface area (TPSA) is 92.7 Å². The summed E-state index contributed by atoms with van der Waals surface area (Å²) in [6, 6.07) is 8.62. The summed E-state index contributed by atoms with van der Waals surface area (Å²) in [5.74, 6) is -1.31. The summed E-state index contributed by atoms with van der Waals surface area (Å²) in [6.07, 6.45) is -5.21. The number of halogens is 4. The van der Waals surface area contributed by atoms with Crippen LogP contribution in [0.4, 0.5) is 18.9 Å². The van der Waals surface area contributed by atoms with Gasteiger partial charge in [-0.05, 0) is 49.4 Å². The number of hydrogen-bond donors (Lipinski definition) is 2. The lowest BCUT2D eigenvalue weighted by Gasteiger charge is -2.25. The predicted molar refractivity (Wildman–Crippen MR) is 95.2 cm³/mol. The maximum atomic E-state index is 12.7. The molecule has 0 aromatic heterocycles. The fraction of sp³-hybridized carbons (Fsp3) is 0.235. The van der Waals surface area contributed by atoms with Crippen LogP contribution in [0.5, 0.6) is 5.75 Å². The number of sulfone groups is 1. The average Bonchev–Trinajstić information content (AvgIpc) is 2.62. The van der Waals surface area contributed by atoms with E-state index in [9.17, 15) is 31.5 Å². The summed E-state index contributed by atoms with van der Waals surface area (Å²) in [7, 11) is -2.54. The van der Waals surface area contributed by atoms with E-state index < -0.39 is 27.5 Å². The second kappa shape index (κ2) is 7.61. The fourth-order valence-corrected chi connectivity index (χ4v) is 3.61. The van der Waals surface area contributed by atoms with Crippen LogP contribution in [0.25, 0.3) is 0 Å². The summed E-state index contributed by atoms with van der Waals surface area (Å²) in [4.78, 5) is 11.4. The third kappa shape index (κ3) is 4.23. The van der Waals surface area contributed by atoms with Crippen molar-refractivity contribution < 1.29 is 36.2 Å². The van der Waals surface area contributed by atoms with Gasteiger partial charge in [0.25, 0.3) is 5.91 Å². The Hall–Kier alpha value is -2.30. The van der Waals surface area contributed by atoms with Crippen LogP contribution in [0.2, 0.25) is 5.02 Å². The van der Waals surface area contributed by atoms with E-state index in [2.05, 4.69) is 0 Å². The Morgan fingerprint density at radius 1 is 1.11 bits per heavy atom. The van der Waals surface area contributed by atoms with Crippen molar-refractivity contribution in [2.24, 2.45) is 0 Å². The maximum Gasteiger partial charge on any atom is 0.426 e. The number of rotatable bonds is 5. The molecule has 2 N–H and O–H groups in total.